The van der Waals surface area contributed by atoms with Crippen LogP contribution >= 0.6 is 0 Å². The van der Waals surface area contributed by atoms with Crippen LogP contribution in [0.15, 0.2) is 34.7 Å². The predicted octanol–water partition coefficient (Wildman–Crippen LogP) is 3.01. The number of fused-ring (bicyclic) bond motifs is 1. The van der Waals surface area contributed by atoms with Crippen LogP contribution in [0.4, 0.5) is 0 Å². The summed E-state index contributed by atoms with van der Waals surface area (Å²) in [5.41, 5.74) is 1.09. The Balaban J connectivity index is 2.27. The molecule has 0 bridgehead atoms. The van der Waals surface area contributed by atoms with Crippen LogP contribution in [0.25, 0.3) is 22.3 Å². The average molecular weight is 345 g/mol. The number of methoxy groups -OCH3 is 2. The van der Waals surface area contributed by atoms with Gasteiger partial charge >= 0.3 is 11.3 Å². The first-order valence-corrected chi connectivity index (χ1v) is 7.36. The van der Waals surface area contributed by atoms with Gasteiger partial charge in [0.05, 0.1) is 38.0 Å². The molecule has 0 saturated heterocycles. The molecule has 25 heavy (non-hydrogen) atoms. The maximum Gasteiger partial charge on any atom is 0.402 e. The van der Waals surface area contributed by atoms with Gasteiger partial charge < -0.3 is 29.9 Å². The lowest BCUT2D eigenvalue weighted by atomic mass is 10.1. The van der Waals surface area contributed by atoms with Crippen LogP contribution in [0.5, 0.6) is 28.7 Å². The van der Waals surface area contributed by atoms with Crippen molar-refractivity contribution >= 4 is 11.0 Å². The Morgan fingerprint density at radius 2 is 1.52 bits per heavy atom. The number of phenolic OH excluding ortho intramolecular Hbond substituents is 2. The Kier molecular flexibility index (Phi) is 4.24. The Morgan fingerprint density at radius 1 is 0.880 bits per heavy atom. The van der Waals surface area contributed by atoms with Gasteiger partial charge in [-0.15, -0.1) is 0 Å². The third-order valence-corrected chi connectivity index (χ3v) is 3.86. The molecule has 4 N–H and O–H groups in total. The van der Waals surface area contributed by atoms with E-state index in [0.717, 1.165) is 6.07 Å². The lowest BCUT2D eigenvalue weighted by molar-refractivity contribution is 0.265. The first-order chi connectivity index (χ1) is 12.0. The van der Waals surface area contributed by atoms with Crippen LogP contribution in [-0.2, 0) is 6.61 Å². The van der Waals surface area contributed by atoms with Gasteiger partial charge in [-0.1, -0.05) is 0 Å². The normalized spacial score (nSPS) is 10.8. The standard InChI is InChI=1S/C18H16O7/c1-23-15-3-9(4-16(24-2)12(15)8-19)18-14(22)7-11-13(21)5-10(20)6-17(11)25-18/h3-7,19H,8H2,1-2H3,(H2-,20,21,22)/p+1. The number of rotatable bonds is 4. The number of aliphatic hydroxyl groups is 1. The van der Waals surface area contributed by atoms with E-state index in [4.69, 9.17) is 13.9 Å². The van der Waals surface area contributed by atoms with Gasteiger partial charge in [0.1, 0.15) is 28.4 Å². The minimum absolute atomic E-state index is 0.0959. The largest absolute Gasteiger partial charge is 0.507 e. The van der Waals surface area contributed by atoms with Gasteiger partial charge in [-0.3, -0.25) is 0 Å². The lowest BCUT2D eigenvalue weighted by Crippen LogP contribution is -1.98. The highest BCUT2D eigenvalue weighted by Gasteiger charge is 2.26. The number of phenols is 2. The van der Waals surface area contributed by atoms with Gasteiger partial charge in [-0.25, -0.2) is 4.42 Å². The highest BCUT2D eigenvalue weighted by atomic mass is 16.5. The summed E-state index contributed by atoms with van der Waals surface area (Å²) in [5.74, 6) is 0.228. The monoisotopic (exact) mass is 345 g/mol. The zero-order chi connectivity index (χ0) is 18.1. The molecule has 7 heteroatoms. The average Bonchev–Trinajstić information content (AvgIpc) is 2.60. The summed E-state index contributed by atoms with van der Waals surface area (Å²) in [7, 11) is 2.90. The van der Waals surface area contributed by atoms with Crippen LogP contribution in [0.2, 0.25) is 0 Å². The van der Waals surface area contributed by atoms with E-state index in [-0.39, 0.29) is 40.6 Å². The van der Waals surface area contributed by atoms with Crippen molar-refractivity contribution in [2.75, 3.05) is 14.2 Å². The predicted molar refractivity (Wildman–Crippen MR) is 90.1 cm³/mol. The molecule has 0 atom stereocenters. The van der Waals surface area contributed by atoms with E-state index in [1.165, 1.54) is 26.4 Å². The van der Waals surface area contributed by atoms with Crippen molar-refractivity contribution in [3.63, 3.8) is 0 Å². The van der Waals surface area contributed by atoms with E-state index < -0.39 is 0 Å². The van der Waals surface area contributed by atoms with Crippen LogP contribution in [0, 0.1) is 0 Å². The van der Waals surface area contributed by atoms with Crippen LogP contribution < -0.4 is 9.47 Å². The summed E-state index contributed by atoms with van der Waals surface area (Å²) in [6.07, 6.45) is 0. The third kappa shape index (κ3) is 2.85. The first-order valence-electron chi connectivity index (χ1n) is 7.36. The van der Waals surface area contributed by atoms with Gasteiger partial charge in [-0.2, -0.15) is 0 Å². The van der Waals surface area contributed by atoms with Gasteiger partial charge in [0.2, 0.25) is 5.75 Å². The SMILES string of the molecule is COc1cc(-c2[o+]c3cc(O)cc(O)c3cc2O)cc(OC)c1CO. The fraction of sp³-hybridized carbons (Fsp3) is 0.167. The molecule has 2 aromatic carbocycles. The summed E-state index contributed by atoms with van der Waals surface area (Å²) in [4.78, 5) is 0. The second-order valence-electron chi connectivity index (χ2n) is 5.35. The number of benzene rings is 2. The maximum atomic E-state index is 10.3. The number of hydrogen-bond acceptors (Lipinski definition) is 6. The van der Waals surface area contributed by atoms with E-state index in [9.17, 15) is 20.4 Å². The highest BCUT2D eigenvalue weighted by Crippen LogP contribution is 2.41. The fourth-order valence-corrected chi connectivity index (χ4v) is 2.67. The fourth-order valence-electron chi connectivity index (χ4n) is 2.67. The number of ether oxygens (including phenoxy) is 2. The number of aliphatic hydroxyl groups excluding tert-OH is 1. The third-order valence-electron chi connectivity index (χ3n) is 3.86. The molecule has 0 radical (unpaired) electrons. The molecule has 0 unspecified atom stereocenters. The van der Waals surface area contributed by atoms with E-state index in [2.05, 4.69) is 0 Å². The molecule has 3 aromatic rings. The minimum Gasteiger partial charge on any atom is -0.507 e. The van der Waals surface area contributed by atoms with Gasteiger partial charge in [0.25, 0.3) is 0 Å². The number of aromatic hydroxyl groups is 3. The minimum atomic E-state index is -0.283. The zero-order valence-corrected chi connectivity index (χ0v) is 13.6. The van der Waals surface area contributed by atoms with E-state index in [1.807, 2.05) is 0 Å². The van der Waals surface area contributed by atoms with Gasteiger partial charge in [0.15, 0.2) is 0 Å². The van der Waals surface area contributed by atoms with Crippen molar-refractivity contribution in [1.29, 1.82) is 0 Å². The lowest BCUT2D eigenvalue weighted by Gasteiger charge is -2.12. The van der Waals surface area contributed by atoms with Crippen molar-refractivity contribution in [2.45, 2.75) is 6.61 Å². The molecule has 3 rings (SSSR count). The van der Waals surface area contributed by atoms with E-state index in [0.29, 0.717) is 22.6 Å². The van der Waals surface area contributed by atoms with Crippen LogP contribution in [-0.4, -0.2) is 34.6 Å². The topological polar surface area (TPSA) is 111 Å². The molecule has 0 spiro atoms. The molecule has 1 heterocycles. The van der Waals surface area contributed by atoms with Crippen molar-refractivity contribution < 1.29 is 34.3 Å². The first kappa shape index (κ1) is 16.7. The Bertz CT molecular complexity index is 925. The second-order valence-corrected chi connectivity index (χ2v) is 5.35. The molecule has 130 valence electrons. The highest BCUT2D eigenvalue weighted by molar-refractivity contribution is 5.88. The quantitative estimate of drug-likeness (QED) is 0.538. The Labute approximate surface area is 142 Å². The zero-order valence-electron chi connectivity index (χ0n) is 13.6. The van der Waals surface area contributed by atoms with Crippen molar-refractivity contribution in [3.8, 4) is 40.1 Å². The van der Waals surface area contributed by atoms with Crippen molar-refractivity contribution in [3.05, 3.63) is 35.9 Å². The molecule has 0 saturated carbocycles. The molecule has 0 fully saturated rings. The second kappa shape index (κ2) is 6.37. The van der Waals surface area contributed by atoms with Gasteiger partial charge in [0, 0.05) is 12.1 Å². The Hall–Kier alpha value is -3.19. The molecular weight excluding hydrogens is 328 g/mol. The molecule has 0 aliphatic rings. The summed E-state index contributed by atoms with van der Waals surface area (Å²) in [5, 5.41) is 39.6. The molecular formula is C18H17O7+. The summed E-state index contributed by atoms with van der Waals surface area (Å²) >= 11 is 0. The van der Waals surface area contributed by atoms with Crippen LogP contribution in [0.1, 0.15) is 5.56 Å². The van der Waals surface area contributed by atoms with Crippen molar-refractivity contribution in [1.82, 2.24) is 0 Å². The van der Waals surface area contributed by atoms with Gasteiger partial charge in [-0.05, 0) is 12.1 Å². The summed E-state index contributed by atoms with van der Waals surface area (Å²) in [6, 6.07) is 6.98. The molecule has 0 aliphatic carbocycles. The number of hydrogen-bond donors (Lipinski definition) is 4. The molecule has 7 nitrogen and oxygen atoms in total. The molecule has 0 aliphatic heterocycles. The van der Waals surface area contributed by atoms with Crippen molar-refractivity contribution in [2.24, 2.45) is 0 Å². The van der Waals surface area contributed by atoms with E-state index in [1.54, 1.807) is 12.1 Å². The van der Waals surface area contributed by atoms with Crippen LogP contribution in [0.3, 0.4) is 0 Å². The Morgan fingerprint density at radius 3 is 2.08 bits per heavy atom. The van der Waals surface area contributed by atoms with E-state index >= 15 is 0 Å². The summed E-state index contributed by atoms with van der Waals surface area (Å²) in [6.45, 7) is -0.283. The smallest absolute Gasteiger partial charge is 0.402 e. The summed E-state index contributed by atoms with van der Waals surface area (Å²) < 4.78 is 16.2. The molecule has 0 amide bonds. The molecule has 1 aromatic heterocycles. The maximum absolute atomic E-state index is 10.3.